The topological polar surface area (TPSA) is 26.0 Å². The van der Waals surface area contributed by atoms with Gasteiger partial charge in [-0.3, -0.25) is 0 Å². The molecule has 2 rings (SSSR count). The maximum atomic E-state index is 12.6. The molecule has 1 aromatic carbocycles. The van der Waals surface area contributed by atoms with Crippen molar-refractivity contribution in [3.63, 3.8) is 0 Å². The van der Waals surface area contributed by atoms with Crippen molar-refractivity contribution in [3.05, 3.63) is 41.9 Å². The molecule has 0 unspecified atom stereocenters. The average molecular weight is 205 g/mol. The van der Waals surface area contributed by atoms with Crippen LogP contribution in [0, 0.1) is 6.01 Å². The molecule has 0 aliphatic carbocycles. The fourth-order valence-electron chi connectivity index (χ4n) is 1.52. The van der Waals surface area contributed by atoms with Gasteiger partial charge in [-0.1, -0.05) is 42.8 Å². The molecule has 0 radical (unpaired) electrons. The normalized spacial score (nSPS) is 10.5. The molecule has 1 heterocycles. The molecule has 0 bridgehead atoms. The maximum absolute atomic E-state index is 12.6. The lowest BCUT2D eigenvalue weighted by Gasteiger charge is -1.99. The van der Waals surface area contributed by atoms with E-state index >= 15 is 0 Å². The molecule has 1 aromatic heterocycles. The second-order valence-electron chi connectivity index (χ2n) is 3.46. The lowest BCUT2D eigenvalue weighted by Crippen LogP contribution is -1.83. The van der Waals surface area contributed by atoms with Crippen molar-refractivity contribution in [2.75, 3.05) is 0 Å². The first-order valence-corrected chi connectivity index (χ1v) is 5.01. The third-order valence-corrected chi connectivity index (χ3v) is 2.27. The van der Waals surface area contributed by atoms with Crippen molar-refractivity contribution >= 4 is 0 Å². The highest BCUT2D eigenvalue weighted by Crippen LogP contribution is 2.19. The molecule has 15 heavy (non-hydrogen) atoms. The number of aromatic nitrogens is 1. The summed E-state index contributed by atoms with van der Waals surface area (Å²) in [5.41, 5.74) is 2.70. The number of benzene rings is 1. The van der Waals surface area contributed by atoms with Crippen LogP contribution in [0.2, 0.25) is 0 Å². The van der Waals surface area contributed by atoms with E-state index in [1.54, 1.807) is 0 Å². The van der Waals surface area contributed by atoms with Crippen LogP contribution in [0.5, 0.6) is 0 Å². The molecule has 0 amide bonds. The molecule has 78 valence electrons. The van der Waals surface area contributed by atoms with Crippen LogP contribution in [-0.2, 0) is 6.42 Å². The molecular weight excluding hydrogens is 193 g/mol. The van der Waals surface area contributed by atoms with Gasteiger partial charge in [0, 0.05) is 11.6 Å². The van der Waals surface area contributed by atoms with Gasteiger partial charge in [0.1, 0.15) is 5.69 Å². The van der Waals surface area contributed by atoms with Crippen LogP contribution in [0.4, 0.5) is 4.39 Å². The Morgan fingerprint density at radius 1 is 1.27 bits per heavy atom. The van der Waals surface area contributed by atoms with Gasteiger partial charge in [-0.2, -0.15) is 4.39 Å². The summed E-state index contributed by atoms with van der Waals surface area (Å²) < 4.78 is 17.0. The third-order valence-electron chi connectivity index (χ3n) is 2.27. The van der Waals surface area contributed by atoms with Crippen LogP contribution in [0.25, 0.3) is 11.3 Å². The summed E-state index contributed by atoms with van der Waals surface area (Å²) in [6.45, 7) is 2.14. The van der Waals surface area contributed by atoms with Crippen LogP contribution >= 0.6 is 0 Å². The SMILES string of the molecule is CCCc1ccc(-c2cc(F)on2)cc1. The van der Waals surface area contributed by atoms with Crippen molar-refractivity contribution in [1.29, 1.82) is 0 Å². The van der Waals surface area contributed by atoms with E-state index in [-0.39, 0.29) is 0 Å². The molecule has 0 fully saturated rings. The number of halogens is 1. The Morgan fingerprint density at radius 2 is 2.00 bits per heavy atom. The predicted octanol–water partition coefficient (Wildman–Crippen LogP) is 3.43. The summed E-state index contributed by atoms with van der Waals surface area (Å²) in [7, 11) is 0. The molecule has 0 N–H and O–H groups in total. The van der Waals surface area contributed by atoms with Gasteiger partial charge < -0.3 is 4.52 Å². The van der Waals surface area contributed by atoms with Crippen LogP contribution < -0.4 is 0 Å². The number of aryl methyl sites for hydroxylation is 1. The van der Waals surface area contributed by atoms with Gasteiger partial charge in [0.25, 0.3) is 0 Å². The first-order valence-electron chi connectivity index (χ1n) is 5.01. The summed E-state index contributed by atoms with van der Waals surface area (Å²) in [5, 5.41) is 3.61. The molecule has 0 spiro atoms. The molecule has 0 aliphatic rings. The van der Waals surface area contributed by atoms with E-state index in [0.717, 1.165) is 18.4 Å². The zero-order valence-corrected chi connectivity index (χ0v) is 8.53. The summed E-state index contributed by atoms with van der Waals surface area (Å²) in [4.78, 5) is 0. The Morgan fingerprint density at radius 3 is 2.53 bits per heavy atom. The Balaban J connectivity index is 2.23. The highest BCUT2D eigenvalue weighted by atomic mass is 19.1. The standard InChI is InChI=1S/C12H12FNO/c1-2-3-9-4-6-10(7-5-9)11-8-12(13)15-14-11/h4-8H,2-3H2,1H3. The van der Waals surface area contributed by atoms with Crippen LogP contribution in [0.3, 0.4) is 0 Å². The van der Waals surface area contributed by atoms with E-state index in [1.165, 1.54) is 11.6 Å². The molecule has 0 saturated carbocycles. The first kappa shape index (κ1) is 9.90. The molecule has 2 nitrogen and oxygen atoms in total. The fraction of sp³-hybridized carbons (Fsp3) is 0.250. The summed E-state index contributed by atoms with van der Waals surface area (Å²) in [5.74, 6) is 0. The Labute approximate surface area is 87.7 Å². The van der Waals surface area contributed by atoms with Gasteiger partial charge in [-0.05, 0) is 12.0 Å². The molecule has 0 saturated heterocycles. The Kier molecular flexibility index (Phi) is 2.81. The molecule has 0 aliphatic heterocycles. The average Bonchev–Trinajstić information content (AvgIpc) is 2.67. The minimum atomic E-state index is -0.650. The van der Waals surface area contributed by atoms with Crippen molar-refractivity contribution in [1.82, 2.24) is 5.16 Å². The number of hydrogen-bond donors (Lipinski definition) is 0. The summed E-state index contributed by atoms with van der Waals surface area (Å²) in [6.07, 6.45) is 2.19. The number of nitrogens with zero attached hydrogens (tertiary/aromatic N) is 1. The lowest BCUT2D eigenvalue weighted by atomic mass is 10.1. The van der Waals surface area contributed by atoms with Crippen molar-refractivity contribution in [2.45, 2.75) is 19.8 Å². The molecular formula is C12H12FNO. The predicted molar refractivity (Wildman–Crippen MR) is 55.9 cm³/mol. The van der Waals surface area contributed by atoms with Crippen LogP contribution in [0.15, 0.2) is 34.9 Å². The van der Waals surface area contributed by atoms with Gasteiger partial charge in [0.05, 0.1) is 0 Å². The fourth-order valence-corrected chi connectivity index (χ4v) is 1.52. The Hall–Kier alpha value is -1.64. The lowest BCUT2D eigenvalue weighted by molar-refractivity contribution is 0.283. The molecule has 2 aromatic rings. The van der Waals surface area contributed by atoms with Crippen molar-refractivity contribution in [2.24, 2.45) is 0 Å². The monoisotopic (exact) mass is 205 g/mol. The molecule has 0 atom stereocenters. The highest BCUT2D eigenvalue weighted by Gasteiger charge is 2.04. The Bertz CT molecular complexity index is 433. The van der Waals surface area contributed by atoms with Crippen LogP contribution in [-0.4, -0.2) is 5.16 Å². The van der Waals surface area contributed by atoms with E-state index in [1.807, 2.05) is 24.3 Å². The minimum absolute atomic E-state index is 0.538. The van der Waals surface area contributed by atoms with Crippen molar-refractivity contribution < 1.29 is 8.91 Å². The summed E-state index contributed by atoms with van der Waals surface area (Å²) >= 11 is 0. The number of rotatable bonds is 3. The second kappa shape index (κ2) is 4.26. The minimum Gasteiger partial charge on any atom is -0.325 e. The van der Waals surface area contributed by atoms with E-state index in [2.05, 4.69) is 16.6 Å². The quantitative estimate of drug-likeness (QED) is 0.767. The van der Waals surface area contributed by atoms with Gasteiger partial charge in [0.15, 0.2) is 0 Å². The van der Waals surface area contributed by atoms with Gasteiger partial charge in [-0.15, -0.1) is 0 Å². The number of hydrogen-bond acceptors (Lipinski definition) is 2. The maximum Gasteiger partial charge on any atom is 0.306 e. The van der Waals surface area contributed by atoms with E-state index in [0.29, 0.717) is 5.69 Å². The van der Waals surface area contributed by atoms with Gasteiger partial charge in [-0.25, -0.2) is 0 Å². The van der Waals surface area contributed by atoms with Gasteiger partial charge in [0.2, 0.25) is 0 Å². The largest absolute Gasteiger partial charge is 0.325 e. The zero-order chi connectivity index (χ0) is 10.7. The van der Waals surface area contributed by atoms with Crippen LogP contribution in [0.1, 0.15) is 18.9 Å². The summed E-state index contributed by atoms with van der Waals surface area (Å²) in [6, 6.07) is 8.57. The zero-order valence-electron chi connectivity index (χ0n) is 8.53. The van der Waals surface area contributed by atoms with E-state index in [4.69, 9.17) is 0 Å². The smallest absolute Gasteiger partial charge is 0.306 e. The second-order valence-corrected chi connectivity index (χ2v) is 3.46. The highest BCUT2D eigenvalue weighted by molar-refractivity contribution is 5.58. The third kappa shape index (κ3) is 2.24. The van der Waals surface area contributed by atoms with Gasteiger partial charge >= 0.3 is 6.01 Å². The van der Waals surface area contributed by atoms with E-state index in [9.17, 15) is 4.39 Å². The van der Waals surface area contributed by atoms with Crippen molar-refractivity contribution in [3.8, 4) is 11.3 Å². The van der Waals surface area contributed by atoms with E-state index < -0.39 is 6.01 Å². The molecule has 3 heteroatoms. The first-order chi connectivity index (χ1) is 7.29.